The predicted octanol–water partition coefficient (Wildman–Crippen LogP) is 3.98. The summed E-state index contributed by atoms with van der Waals surface area (Å²) < 4.78 is 59.0. The van der Waals surface area contributed by atoms with E-state index in [0.717, 1.165) is 12.0 Å². The summed E-state index contributed by atoms with van der Waals surface area (Å²) in [6.07, 6.45) is 1.24. The Morgan fingerprint density at radius 2 is 2.04 bits per heavy atom. The van der Waals surface area contributed by atoms with E-state index >= 15 is 0 Å². The largest absolute Gasteiger partial charge is 0.485 e. The second-order valence-electron chi connectivity index (χ2n) is 6.13. The Labute approximate surface area is 150 Å². The maximum Gasteiger partial charge on any atom is 0.387 e. The molecular formula is C18H19F2NO4S. The van der Waals surface area contributed by atoms with E-state index in [4.69, 9.17) is 9.88 Å². The molecule has 0 fully saturated rings. The molecular weight excluding hydrogens is 364 g/mol. The van der Waals surface area contributed by atoms with Gasteiger partial charge in [-0.1, -0.05) is 37.6 Å². The normalized spacial score (nSPS) is 16.0. The monoisotopic (exact) mass is 383 g/mol. The van der Waals surface area contributed by atoms with Crippen LogP contribution in [0, 0.1) is 0 Å². The first-order valence-corrected chi connectivity index (χ1v) is 9.88. The van der Waals surface area contributed by atoms with E-state index in [0.29, 0.717) is 28.9 Å². The zero-order valence-electron chi connectivity index (χ0n) is 14.1. The standard InChI is InChI=1S/C18H19F2NO4S/c1-2-4-14-13-9-11(10-26(21,22)23)7-8-12(13)17-15(24-14)5-3-6-16(17)25-18(19)20/h3,5-9,14,18H,2,4,10H2,1H3,(H2,21,22,23). The van der Waals surface area contributed by atoms with E-state index in [2.05, 4.69) is 4.74 Å². The van der Waals surface area contributed by atoms with Crippen molar-refractivity contribution in [3.05, 3.63) is 47.5 Å². The molecule has 0 saturated heterocycles. The summed E-state index contributed by atoms with van der Waals surface area (Å²) in [5.41, 5.74) is 2.40. The van der Waals surface area contributed by atoms with Crippen molar-refractivity contribution in [3.63, 3.8) is 0 Å². The summed E-state index contributed by atoms with van der Waals surface area (Å²) >= 11 is 0. The minimum atomic E-state index is -3.68. The molecule has 2 aromatic carbocycles. The van der Waals surface area contributed by atoms with Crippen LogP contribution in [-0.4, -0.2) is 15.0 Å². The van der Waals surface area contributed by atoms with Crippen LogP contribution in [0.25, 0.3) is 11.1 Å². The SMILES string of the molecule is CCCC1Oc2cccc(OC(F)F)c2-c2ccc(CS(N)(=O)=O)cc21. The van der Waals surface area contributed by atoms with Gasteiger partial charge in [0.1, 0.15) is 17.6 Å². The molecule has 8 heteroatoms. The molecule has 0 bridgehead atoms. The molecule has 1 aliphatic rings. The molecule has 0 aromatic heterocycles. The maximum atomic E-state index is 12.8. The van der Waals surface area contributed by atoms with Gasteiger partial charge in [-0.15, -0.1) is 0 Å². The predicted molar refractivity (Wildman–Crippen MR) is 93.6 cm³/mol. The summed E-state index contributed by atoms with van der Waals surface area (Å²) in [6.45, 7) is -0.955. The highest BCUT2D eigenvalue weighted by atomic mass is 32.2. The molecule has 3 rings (SSSR count). The van der Waals surface area contributed by atoms with E-state index in [9.17, 15) is 17.2 Å². The van der Waals surface area contributed by atoms with Crippen LogP contribution in [0.4, 0.5) is 8.78 Å². The lowest BCUT2D eigenvalue weighted by atomic mass is 9.89. The van der Waals surface area contributed by atoms with Crippen LogP contribution >= 0.6 is 0 Å². The third-order valence-corrected chi connectivity index (χ3v) is 4.86. The van der Waals surface area contributed by atoms with Crippen molar-refractivity contribution in [1.82, 2.24) is 0 Å². The summed E-state index contributed by atoms with van der Waals surface area (Å²) in [7, 11) is -3.68. The van der Waals surface area contributed by atoms with Crippen molar-refractivity contribution in [2.75, 3.05) is 0 Å². The number of sulfonamides is 1. The fourth-order valence-corrected chi connectivity index (χ4v) is 3.83. The van der Waals surface area contributed by atoms with E-state index in [-0.39, 0.29) is 17.6 Å². The van der Waals surface area contributed by atoms with Crippen LogP contribution in [0.1, 0.15) is 37.0 Å². The molecule has 1 heterocycles. The van der Waals surface area contributed by atoms with Gasteiger partial charge in [0, 0.05) is 5.56 Å². The number of alkyl halides is 2. The van der Waals surface area contributed by atoms with E-state index in [1.54, 1.807) is 30.3 Å². The second-order valence-corrected chi connectivity index (χ2v) is 7.75. The van der Waals surface area contributed by atoms with Gasteiger partial charge < -0.3 is 9.47 Å². The van der Waals surface area contributed by atoms with Crippen molar-refractivity contribution in [2.45, 2.75) is 38.2 Å². The van der Waals surface area contributed by atoms with Gasteiger partial charge in [-0.3, -0.25) is 0 Å². The van der Waals surface area contributed by atoms with E-state index in [1.165, 1.54) is 6.07 Å². The lowest BCUT2D eigenvalue weighted by molar-refractivity contribution is -0.0496. The van der Waals surface area contributed by atoms with Gasteiger partial charge in [-0.05, 0) is 29.7 Å². The number of nitrogens with two attached hydrogens (primary N) is 1. The number of halogens is 2. The average Bonchev–Trinajstić information content (AvgIpc) is 2.53. The van der Waals surface area contributed by atoms with Gasteiger partial charge in [0.2, 0.25) is 10.0 Å². The van der Waals surface area contributed by atoms with Crippen LogP contribution in [0.15, 0.2) is 36.4 Å². The Bertz CT molecular complexity index is 915. The molecule has 0 spiro atoms. The Kier molecular flexibility index (Phi) is 5.15. The Balaban J connectivity index is 2.14. The van der Waals surface area contributed by atoms with Gasteiger partial charge in [0.15, 0.2) is 0 Å². The third kappa shape index (κ3) is 3.96. The van der Waals surface area contributed by atoms with Gasteiger partial charge in [0.05, 0.1) is 11.3 Å². The summed E-state index contributed by atoms with van der Waals surface area (Å²) in [5.74, 6) is 0.183. The van der Waals surface area contributed by atoms with Crippen molar-refractivity contribution in [3.8, 4) is 22.6 Å². The number of rotatable bonds is 6. The number of primary sulfonamides is 1. The zero-order valence-corrected chi connectivity index (χ0v) is 14.9. The zero-order chi connectivity index (χ0) is 18.9. The van der Waals surface area contributed by atoms with Crippen LogP contribution < -0.4 is 14.6 Å². The number of ether oxygens (including phenoxy) is 2. The molecule has 1 aliphatic heterocycles. The second kappa shape index (κ2) is 7.20. The molecule has 1 atom stereocenters. The van der Waals surface area contributed by atoms with Crippen molar-refractivity contribution in [2.24, 2.45) is 5.14 Å². The highest BCUT2D eigenvalue weighted by molar-refractivity contribution is 7.88. The molecule has 140 valence electrons. The van der Waals surface area contributed by atoms with Crippen LogP contribution in [0.2, 0.25) is 0 Å². The average molecular weight is 383 g/mol. The number of hydrogen-bond acceptors (Lipinski definition) is 4. The molecule has 2 aromatic rings. The highest BCUT2D eigenvalue weighted by Gasteiger charge is 2.29. The lowest BCUT2D eigenvalue weighted by Gasteiger charge is -2.30. The lowest BCUT2D eigenvalue weighted by Crippen LogP contribution is -2.18. The first-order chi connectivity index (χ1) is 12.3. The van der Waals surface area contributed by atoms with E-state index < -0.39 is 16.6 Å². The summed E-state index contributed by atoms with van der Waals surface area (Å²) in [4.78, 5) is 0. The summed E-state index contributed by atoms with van der Waals surface area (Å²) in [6, 6.07) is 9.80. The molecule has 1 unspecified atom stereocenters. The molecule has 5 nitrogen and oxygen atoms in total. The first kappa shape index (κ1) is 18.6. The van der Waals surface area contributed by atoms with Crippen molar-refractivity contribution >= 4 is 10.0 Å². The smallest absolute Gasteiger partial charge is 0.387 e. The molecule has 0 amide bonds. The van der Waals surface area contributed by atoms with E-state index in [1.807, 2.05) is 6.92 Å². The van der Waals surface area contributed by atoms with Crippen molar-refractivity contribution < 1.29 is 26.7 Å². The van der Waals surface area contributed by atoms with Crippen LogP contribution in [0.3, 0.4) is 0 Å². The minimum Gasteiger partial charge on any atom is -0.485 e. The van der Waals surface area contributed by atoms with Gasteiger partial charge in [-0.25, -0.2) is 13.6 Å². The topological polar surface area (TPSA) is 78.6 Å². The Morgan fingerprint density at radius 1 is 1.27 bits per heavy atom. The fraction of sp³-hybridized carbons (Fsp3) is 0.333. The Hall–Kier alpha value is -2.19. The molecule has 0 radical (unpaired) electrons. The molecule has 0 aliphatic carbocycles. The first-order valence-electron chi connectivity index (χ1n) is 8.16. The minimum absolute atomic E-state index is 0.0212. The molecule has 2 N–H and O–H groups in total. The van der Waals surface area contributed by atoms with Gasteiger partial charge >= 0.3 is 6.61 Å². The van der Waals surface area contributed by atoms with Crippen LogP contribution in [-0.2, 0) is 15.8 Å². The van der Waals surface area contributed by atoms with Gasteiger partial charge in [-0.2, -0.15) is 8.78 Å². The van der Waals surface area contributed by atoms with Crippen molar-refractivity contribution in [1.29, 1.82) is 0 Å². The Morgan fingerprint density at radius 3 is 2.69 bits per heavy atom. The number of hydrogen-bond donors (Lipinski definition) is 1. The fourth-order valence-electron chi connectivity index (χ4n) is 3.19. The quantitative estimate of drug-likeness (QED) is 0.818. The highest BCUT2D eigenvalue weighted by Crippen LogP contribution is 2.48. The molecule has 0 saturated carbocycles. The number of fused-ring (bicyclic) bond motifs is 3. The van der Waals surface area contributed by atoms with Crippen LogP contribution in [0.5, 0.6) is 11.5 Å². The molecule has 26 heavy (non-hydrogen) atoms. The third-order valence-electron chi connectivity index (χ3n) is 4.12. The summed E-state index contributed by atoms with van der Waals surface area (Å²) in [5, 5.41) is 5.13. The maximum absolute atomic E-state index is 12.8. The number of benzene rings is 2. The van der Waals surface area contributed by atoms with Gasteiger partial charge in [0.25, 0.3) is 0 Å².